The lowest BCUT2D eigenvalue weighted by atomic mass is 9.96. The maximum absolute atomic E-state index is 14.3. The van der Waals surface area contributed by atoms with E-state index in [0.717, 1.165) is 14.9 Å². The van der Waals surface area contributed by atoms with Crippen molar-refractivity contribution in [3.05, 3.63) is 62.5 Å². The lowest BCUT2D eigenvalue weighted by Crippen LogP contribution is -2.83. The topological polar surface area (TPSA) is 113 Å². The molecule has 0 aromatic heterocycles. The second-order valence-electron chi connectivity index (χ2n) is 8.96. The number of nitrogens with one attached hydrogen (secondary N) is 1. The molecule has 2 aromatic carbocycles. The molecule has 2 aliphatic heterocycles. The number of carbonyl (C=O) groups excluding carboxylic acids is 2. The van der Waals surface area contributed by atoms with Crippen LogP contribution in [0.15, 0.2) is 51.8 Å². The molecule has 12 heteroatoms. The summed E-state index contributed by atoms with van der Waals surface area (Å²) in [6.07, 6.45) is 0.112. The molecule has 0 aliphatic carbocycles. The molecule has 3 N–H and O–H groups in total. The SMILES string of the molecule is CC(C)N1CC2(S(=O)(=O)c3ccc(Cl)cc3Cl)NCC(N)C(=O)N2C(Cc2ccc(Br)cc2)C1=O. The summed E-state index contributed by atoms with van der Waals surface area (Å²) in [6.45, 7) is 3.25. The monoisotopic (exact) mass is 602 g/mol. The Labute approximate surface area is 222 Å². The molecule has 0 bridgehead atoms. The first kappa shape index (κ1) is 26.4. The van der Waals surface area contributed by atoms with Crippen LogP contribution >= 0.6 is 39.1 Å². The van der Waals surface area contributed by atoms with E-state index in [0.29, 0.717) is 0 Å². The third-order valence-corrected chi connectivity index (χ3v) is 9.88. The second kappa shape index (κ2) is 9.64. The van der Waals surface area contributed by atoms with Gasteiger partial charge in [0.05, 0.1) is 22.5 Å². The average molecular weight is 604 g/mol. The largest absolute Gasteiger partial charge is 0.334 e. The highest BCUT2D eigenvalue weighted by Crippen LogP contribution is 2.40. The zero-order valence-electron chi connectivity index (χ0n) is 19.0. The number of rotatable bonds is 5. The van der Waals surface area contributed by atoms with Gasteiger partial charge < -0.3 is 10.6 Å². The van der Waals surface area contributed by atoms with Crippen LogP contribution in [0.25, 0.3) is 0 Å². The van der Waals surface area contributed by atoms with Gasteiger partial charge in [-0.2, -0.15) is 0 Å². The first-order chi connectivity index (χ1) is 16.4. The molecule has 3 atom stereocenters. The van der Waals surface area contributed by atoms with Crippen molar-refractivity contribution in [1.29, 1.82) is 0 Å². The van der Waals surface area contributed by atoms with Gasteiger partial charge in [0.15, 0.2) is 0 Å². The third-order valence-electron chi connectivity index (χ3n) is 6.40. The molecule has 2 heterocycles. The molecule has 2 aromatic rings. The Morgan fingerprint density at radius 1 is 1.14 bits per heavy atom. The first-order valence-corrected chi connectivity index (χ1v) is 14.0. The Morgan fingerprint density at radius 3 is 2.40 bits per heavy atom. The molecular formula is C23H25BrCl2N4O4S. The van der Waals surface area contributed by atoms with Gasteiger partial charge in [-0.3, -0.25) is 19.8 Å². The molecule has 2 aliphatic rings. The van der Waals surface area contributed by atoms with Gasteiger partial charge in [0.1, 0.15) is 6.04 Å². The first-order valence-electron chi connectivity index (χ1n) is 11.0. The predicted molar refractivity (Wildman–Crippen MR) is 138 cm³/mol. The highest BCUT2D eigenvalue weighted by molar-refractivity contribution is 9.10. The van der Waals surface area contributed by atoms with Gasteiger partial charge in [-0.1, -0.05) is 51.3 Å². The number of fused-ring (bicyclic) bond motifs is 1. The summed E-state index contributed by atoms with van der Waals surface area (Å²) in [5, 5.41) is 3.22. The maximum atomic E-state index is 14.3. The summed E-state index contributed by atoms with van der Waals surface area (Å²) in [5.74, 6) is -0.962. The van der Waals surface area contributed by atoms with E-state index < -0.39 is 32.8 Å². The fourth-order valence-electron chi connectivity index (χ4n) is 4.59. The number of carbonyl (C=O) groups is 2. The van der Waals surface area contributed by atoms with Crippen molar-refractivity contribution in [2.24, 2.45) is 5.73 Å². The number of sulfone groups is 1. The van der Waals surface area contributed by atoms with Gasteiger partial charge in [0, 0.05) is 28.5 Å². The second-order valence-corrected chi connectivity index (χ2v) is 12.8. The van der Waals surface area contributed by atoms with E-state index >= 15 is 0 Å². The van der Waals surface area contributed by atoms with Crippen molar-refractivity contribution >= 4 is 60.8 Å². The summed E-state index contributed by atoms with van der Waals surface area (Å²) < 4.78 is 29.4. The van der Waals surface area contributed by atoms with E-state index in [1.807, 2.05) is 24.3 Å². The van der Waals surface area contributed by atoms with Crippen molar-refractivity contribution in [3.8, 4) is 0 Å². The lowest BCUT2D eigenvalue weighted by molar-refractivity contribution is -0.166. The summed E-state index contributed by atoms with van der Waals surface area (Å²) in [5.41, 5.74) is 6.83. The van der Waals surface area contributed by atoms with Gasteiger partial charge in [0.2, 0.25) is 26.6 Å². The Hall–Kier alpha value is -1.69. The average Bonchev–Trinajstić information content (AvgIpc) is 2.78. The van der Waals surface area contributed by atoms with Crippen LogP contribution in [0, 0.1) is 0 Å². The minimum absolute atomic E-state index is 0.0756. The van der Waals surface area contributed by atoms with Crippen LogP contribution in [0.4, 0.5) is 0 Å². The van der Waals surface area contributed by atoms with E-state index in [2.05, 4.69) is 21.2 Å². The predicted octanol–water partition coefficient (Wildman–Crippen LogP) is 2.80. The van der Waals surface area contributed by atoms with Crippen LogP contribution in [0.3, 0.4) is 0 Å². The van der Waals surface area contributed by atoms with Crippen molar-refractivity contribution in [2.45, 2.75) is 48.3 Å². The van der Waals surface area contributed by atoms with E-state index in [9.17, 15) is 18.0 Å². The Bertz CT molecular complexity index is 1270. The van der Waals surface area contributed by atoms with Crippen molar-refractivity contribution in [2.75, 3.05) is 13.1 Å². The fraction of sp³-hybridized carbons (Fsp3) is 0.391. The van der Waals surface area contributed by atoms with Crippen LogP contribution in [0.1, 0.15) is 19.4 Å². The zero-order chi connectivity index (χ0) is 25.7. The number of benzene rings is 2. The van der Waals surface area contributed by atoms with Crippen molar-refractivity contribution < 1.29 is 18.0 Å². The Kier molecular flexibility index (Phi) is 7.27. The number of piperazine rings is 1. The van der Waals surface area contributed by atoms with Crippen LogP contribution in [0.5, 0.6) is 0 Å². The lowest BCUT2D eigenvalue weighted by Gasteiger charge is -2.56. The molecule has 0 saturated carbocycles. The molecule has 188 valence electrons. The molecule has 8 nitrogen and oxygen atoms in total. The van der Waals surface area contributed by atoms with Gasteiger partial charge in [-0.15, -0.1) is 0 Å². The van der Waals surface area contributed by atoms with Crippen LogP contribution in [0.2, 0.25) is 10.0 Å². The standard InChI is InChI=1S/C23H25BrCl2N4O4S/c1-13(2)29-12-23(35(33,34)20-8-7-16(25)10-17(20)26)28-11-18(27)21(31)30(23)19(22(29)32)9-14-3-5-15(24)6-4-14/h3-8,10,13,18-19,28H,9,11-12,27H2,1-2H3. The summed E-state index contributed by atoms with van der Waals surface area (Å²) in [6, 6.07) is 8.92. The molecular weight excluding hydrogens is 579 g/mol. The van der Waals surface area contributed by atoms with Crippen molar-refractivity contribution in [1.82, 2.24) is 15.1 Å². The van der Waals surface area contributed by atoms with Gasteiger partial charge in [-0.05, 0) is 49.7 Å². The van der Waals surface area contributed by atoms with E-state index in [1.165, 1.54) is 23.1 Å². The summed E-state index contributed by atoms with van der Waals surface area (Å²) in [7, 11) is -4.36. The van der Waals surface area contributed by atoms with Crippen molar-refractivity contribution in [3.63, 3.8) is 0 Å². The Balaban J connectivity index is 1.92. The quantitative estimate of drug-likeness (QED) is 0.543. The normalized spacial score (nSPS) is 25.2. The maximum Gasteiger partial charge on any atom is 0.246 e. The smallest absolute Gasteiger partial charge is 0.246 e. The molecule has 2 amide bonds. The molecule has 35 heavy (non-hydrogen) atoms. The molecule has 4 rings (SSSR count). The highest BCUT2D eigenvalue weighted by Gasteiger charge is 2.63. The van der Waals surface area contributed by atoms with Crippen LogP contribution in [-0.2, 0) is 25.8 Å². The van der Waals surface area contributed by atoms with E-state index in [4.69, 9.17) is 28.9 Å². The number of hydrogen-bond acceptors (Lipinski definition) is 6. The summed E-state index contributed by atoms with van der Waals surface area (Å²) in [4.78, 5) is 27.7. The Morgan fingerprint density at radius 2 is 1.80 bits per heavy atom. The van der Waals surface area contributed by atoms with Crippen LogP contribution < -0.4 is 11.1 Å². The molecule has 3 unspecified atom stereocenters. The minimum atomic E-state index is -4.36. The highest BCUT2D eigenvalue weighted by atomic mass is 79.9. The molecule has 0 spiro atoms. The number of nitrogens with zero attached hydrogens (tertiary/aromatic N) is 2. The zero-order valence-corrected chi connectivity index (χ0v) is 23.0. The molecule has 0 radical (unpaired) electrons. The number of halogens is 3. The summed E-state index contributed by atoms with van der Waals surface area (Å²) >= 11 is 15.7. The van der Waals surface area contributed by atoms with E-state index in [-0.39, 0.29) is 46.4 Å². The third kappa shape index (κ3) is 4.49. The van der Waals surface area contributed by atoms with Gasteiger partial charge in [-0.25, -0.2) is 8.42 Å². The fourth-order valence-corrected chi connectivity index (χ4v) is 7.55. The number of amides is 2. The van der Waals surface area contributed by atoms with Gasteiger partial charge in [0.25, 0.3) is 0 Å². The molecule has 2 saturated heterocycles. The van der Waals surface area contributed by atoms with Crippen LogP contribution in [-0.4, -0.2) is 66.2 Å². The van der Waals surface area contributed by atoms with Gasteiger partial charge >= 0.3 is 0 Å². The number of nitrogens with two attached hydrogens (primary N) is 1. The minimum Gasteiger partial charge on any atom is -0.334 e. The number of hydrogen-bond donors (Lipinski definition) is 2. The molecule has 2 fully saturated rings. The van der Waals surface area contributed by atoms with E-state index in [1.54, 1.807) is 13.8 Å².